The summed E-state index contributed by atoms with van der Waals surface area (Å²) < 4.78 is 0. The van der Waals surface area contributed by atoms with E-state index in [0.717, 1.165) is 25.9 Å². The molecule has 2 aliphatic rings. The van der Waals surface area contributed by atoms with Crippen molar-refractivity contribution in [3.05, 3.63) is 0 Å². The predicted molar refractivity (Wildman–Crippen MR) is 82.7 cm³/mol. The Bertz CT molecular complexity index is 300. The maximum Gasteiger partial charge on any atom is 0.223 e. The van der Waals surface area contributed by atoms with E-state index in [9.17, 15) is 4.79 Å². The Morgan fingerprint density at radius 1 is 1.30 bits per heavy atom. The normalized spacial score (nSPS) is 29.3. The van der Waals surface area contributed by atoms with Gasteiger partial charge in [0.2, 0.25) is 5.91 Å². The molecule has 0 spiro atoms. The average molecular weight is 281 g/mol. The number of carbonyl (C=O) groups is 1. The number of hydrogen-bond acceptors (Lipinski definition) is 3. The lowest BCUT2D eigenvalue weighted by molar-refractivity contribution is -0.126. The second-order valence-electron chi connectivity index (χ2n) is 6.61. The minimum Gasteiger partial charge on any atom is -0.356 e. The Morgan fingerprint density at radius 2 is 2.05 bits per heavy atom. The fourth-order valence-corrected chi connectivity index (χ4v) is 3.49. The van der Waals surface area contributed by atoms with Crippen LogP contribution in [0.3, 0.4) is 0 Å². The number of nitrogens with zero attached hydrogens (tertiary/aromatic N) is 1. The summed E-state index contributed by atoms with van der Waals surface area (Å²) in [6.45, 7) is 9.92. The Hall–Kier alpha value is -0.610. The van der Waals surface area contributed by atoms with Crippen molar-refractivity contribution >= 4 is 5.91 Å². The summed E-state index contributed by atoms with van der Waals surface area (Å²) in [6, 6.07) is 0.483. The molecule has 116 valence electrons. The van der Waals surface area contributed by atoms with Gasteiger partial charge >= 0.3 is 0 Å². The molecule has 0 aromatic carbocycles. The third-order valence-corrected chi connectivity index (χ3v) is 4.81. The van der Waals surface area contributed by atoms with E-state index in [1.807, 2.05) is 0 Å². The van der Waals surface area contributed by atoms with Crippen LogP contribution in [-0.4, -0.2) is 49.6 Å². The summed E-state index contributed by atoms with van der Waals surface area (Å²) in [4.78, 5) is 14.8. The van der Waals surface area contributed by atoms with E-state index in [-0.39, 0.29) is 11.8 Å². The van der Waals surface area contributed by atoms with Crippen LogP contribution in [0, 0.1) is 11.8 Å². The minimum atomic E-state index is 0.228. The van der Waals surface area contributed by atoms with Gasteiger partial charge in [-0.15, -0.1) is 0 Å². The van der Waals surface area contributed by atoms with Crippen LogP contribution < -0.4 is 10.6 Å². The molecule has 0 aromatic heterocycles. The SMILES string of the molecule is CCCN1CCC(CNC(=O)[C@H]2CCN[C@@H](C)C2)CC1. The van der Waals surface area contributed by atoms with E-state index in [0.29, 0.717) is 12.0 Å². The van der Waals surface area contributed by atoms with Gasteiger partial charge in [-0.2, -0.15) is 0 Å². The van der Waals surface area contributed by atoms with Crippen LogP contribution in [0.25, 0.3) is 0 Å². The van der Waals surface area contributed by atoms with Crippen LogP contribution >= 0.6 is 0 Å². The molecule has 2 fully saturated rings. The van der Waals surface area contributed by atoms with Crippen LogP contribution in [0.1, 0.15) is 46.0 Å². The van der Waals surface area contributed by atoms with Crippen LogP contribution in [0.15, 0.2) is 0 Å². The zero-order chi connectivity index (χ0) is 14.4. The lowest BCUT2D eigenvalue weighted by Gasteiger charge is -2.32. The van der Waals surface area contributed by atoms with Crippen molar-refractivity contribution in [2.75, 3.05) is 32.7 Å². The molecule has 2 heterocycles. The Balaban J connectivity index is 1.64. The maximum atomic E-state index is 12.2. The van der Waals surface area contributed by atoms with Crippen LogP contribution in [0.5, 0.6) is 0 Å². The number of nitrogens with one attached hydrogen (secondary N) is 2. The summed E-state index contributed by atoms with van der Waals surface area (Å²) in [5.74, 6) is 1.20. The van der Waals surface area contributed by atoms with E-state index in [1.54, 1.807) is 0 Å². The molecule has 2 aliphatic heterocycles. The first-order valence-corrected chi connectivity index (χ1v) is 8.42. The van der Waals surface area contributed by atoms with E-state index in [2.05, 4.69) is 29.4 Å². The second-order valence-corrected chi connectivity index (χ2v) is 6.61. The Morgan fingerprint density at radius 3 is 2.70 bits per heavy atom. The molecule has 1 amide bonds. The van der Waals surface area contributed by atoms with Crippen molar-refractivity contribution < 1.29 is 4.79 Å². The number of rotatable bonds is 5. The smallest absolute Gasteiger partial charge is 0.223 e. The van der Waals surface area contributed by atoms with Crippen molar-refractivity contribution in [1.82, 2.24) is 15.5 Å². The van der Waals surface area contributed by atoms with Crippen molar-refractivity contribution in [3.63, 3.8) is 0 Å². The lowest BCUT2D eigenvalue weighted by Crippen LogP contribution is -2.44. The number of hydrogen-bond donors (Lipinski definition) is 2. The number of amides is 1. The fourth-order valence-electron chi connectivity index (χ4n) is 3.49. The molecule has 0 aromatic rings. The largest absolute Gasteiger partial charge is 0.356 e. The van der Waals surface area contributed by atoms with Gasteiger partial charge in [0.15, 0.2) is 0 Å². The van der Waals surface area contributed by atoms with Gasteiger partial charge in [0.1, 0.15) is 0 Å². The minimum absolute atomic E-state index is 0.228. The molecule has 2 saturated heterocycles. The first-order chi connectivity index (χ1) is 9.69. The molecule has 4 heteroatoms. The van der Waals surface area contributed by atoms with E-state index < -0.39 is 0 Å². The van der Waals surface area contributed by atoms with E-state index in [1.165, 1.54) is 38.9 Å². The van der Waals surface area contributed by atoms with E-state index in [4.69, 9.17) is 0 Å². The van der Waals surface area contributed by atoms with Crippen LogP contribution in [0.4, 0.5) is 0 Å². The Labute approximate surface area is 123 Å². The molecule has 2 rings (SSSR count). The molecule has 0 saturated carbocycles. The molecule has 0 radical (unpaired) electrons. The maximum absolute atomic E-state index is 12.2. The highest BCUT2D eigenvalue weighted by Gasteiger charge is 2.25. The summed E-state index contributed by atoms with van der Waals surface area (Å²) in [5.41, 5.74) is 0. The van der Waals surface area contributed by atoms with Crippen molar-refractivity contribution in [2.45, 2.75) is 52.0 Å². The topological polar surface area (TPSA) is 44.4 Å². The first kappa shape index (κ1) is 15.8. The van der Waals surface area contributed by atoms with Gasteiger partial charge in [-0.05, 0) is 71.1 Å². The zero-order valence-corrected chi connectivity index (χ0v) is 13.2. The summed E-state index contributed by atoms with van der Waals surface area (Å²) in [7, 11) is 0. The predicted octanol–water partition coefficient (Wildman–Crippen LogP) is 1.61. The number of likely N-dealkylation sites (tertiary alicyclic amines) is 1. The number of carbonyl (C=O) groups excluding carboxylic acids is 1. The first-order valence-electron chi connectivity index (χ1n) is 8.42. The molecular formula is C16H31N3O. The van der Waals surface area contributed by atoms with E-state index >= 15 is 0 Å². The van der Waals surface area contributed by atoms with Gasteiger partial charge in [0.25, 0.3) is 0 Å². The second kappa shape index (κ2) is 7.99. The standard InChI is InChI=1S/C16H31N3O/c1-3-8-19-9-5-14(6-10-19)12-18-16(20)15-4-7-17-13(2)11-15/h13-15,17H,3-12H2,1-2H3,(H,18,20)/t13-,15-/m0/s1. The molecule has 20 heavy (non-hydrogen) atoms. The van der Waals surface area contributed by atoms with Gasteiger partial charge in [0, 0.05) is 18.5 Å². The molecule has 4 nitrogen and oxygen atoms in total. The quantitative estimate of drug-likeness (QED) is 0.805. The molecule has 2 atom stereocenters. The fraction of sp³-hybridized carbons (Fsp3) is 0.938. The molecular weight excluding hydrogens is 250 g/mol. The zero-order valence-electron chi connectivity index (χ0n) is 13.2. The third kappa shape index (κ3) is 4.74. The molecule has 0 unspecified atom stereocenters. The summed E-state index contributed by atoms with van der Waals surface area (Å²) in [6.07, 6.45) is 5.70. The lowest BCUT2D eigenvalue weighted by atomic mass is 9.91. The molecule has 0 aliphatic carbocycles. The van der Waals surface area contributed by atoms with Crippen molar-refractivity contribution in [3.8, 4) is 0 Å². The molecule has 2 N–H and O–H groups in total. The number of piperidine rings is 2. The van der Waals surface area contributed by atoms with Gasteiger partial charge in [0.05, 0.1) is 0 Å². The highest BCUT2D eigenvalue weighted by molar-refractivity contribution is 5.78. The van der Waals surface area contributed by atoms with Gasteiger partial charge in [-0.3, -0.25) is 4.79 Å². The summed E-state index contributed by atoms with van der Waals surface area (Å²) >= 11 is 0. The van der Waals surface area contributed by atoms with Gasteiger partial charge in [-0.1, -0.05) is 6.92 Å². The monoisotopic (exact) mass is 281 g/mol. The highest BCUT2D eigenvalue weighted by Crippen LogP contribution is 2.18. The molecule has 0 bridgehead atoms. The average Bonchev–Trinajstić information content (AvgIpc) is 2.46. The Kier molecular flexibility index (Phi) is 6.30. The highest BCUT2D eigenvalue weighted by atomic mass is 16.1. The summed E-state index contributed by atoms with van der Waals surface area (Å²) in [5, 5.41) is 6.61. The van der Waals surface area contributed by atoms with Crippen molar-refractivity contribution in [2.24, 2.45) is 11.8 Å². The van der Waals surface area contributed by atoms with Crippen LogP contribution in [-0.2, 0) is 4.79 Å². The van der Waals surface area contributed by atoms with Crippen LogP contribution in [0.2, 0.25) is 0 Å². The third-order valence-electron chi connectivity index (χ3n) is 4.81. The van der Waals surface area contributed by atoms with Gasteiger partial charge < -0.3 is 15.5 Å². The van der Waals surface area contributed by atoms with Crippen molar-refractivity contribution in [1.29, 1.82) is 0 Å². The van der Waals surface area contributed by atoms with Gasteiger partial charge in [-0.25, -0.2) is 0 Å².